The normalized spacial score (nSPS) is 15.2. The molecule has 0 amide bonds. The predicted octanol–water partition coefficient (Wildman–Crippen LogP) is 3.72. The van der Waals surface area contributed by atoms with E-state index in [0.717, 1.165) is 22.6 Å². The number of aryl methyl sites for hydroxylation is 2. The first kappa shape index (κ1) is 19.4. The van der Waals surface area contributed by atoms with Gasteiger partial charge in [0.1, 0.15) is 23.2 Å². The van der Waals surface area contributed by atoms with Gasteiger partial charge in [0.05, 0.1) is 25.8 Å². The van der Waals surface area contributed by atoms with Gasteiger partial charge in [-0.05, 0) is 43.7 Å². The molecule has 2 heterocycles. The summed E-state index contributed by atoms with van der Waals surface area (Å²) < 4.78 is 18.6. The Morgan fingerprint density at radius 2 is 1.77 bits per heavy atom. The van der Waals surface area contributed by atoms with E-state index in [4.69, 9.17) is 24.9 Å². The summed E-state index contributed by atoms with van der Waals surface area (Å²) in [5, 5.41) is 9.81. The summed E-state index contributed by atoms with van der Waals surface area (Å²) in [6.45, 7) is 3.93. The van der Waals surface area contributed by atoms with Crippen molar-refractivity contribution in [3.05, 3.63) is 76.6 Å². The van der Waals surface area contributed by atoms with Gasteiger partial charge in [0.25, 0.3) is 0 Å². The van der Waals surface area contributed by atoms with Crippen molar-refractivity contribution in [1.82, 2.24) is 9.55 Å². The Hall–Kier alpha value is -3.92. The van der Waals surface area contributed by atoms with Gasteiger partial charge in [0.15, 0.2) is 11.5 Å². The van der Waals surface area contributed by atoms with Crippen LogP contribution in [-0.4, -0.2) is 23.8 Å². The predicted molar refractivity (Wildman–Crippen MR) is 112 cm³/mol. The van der Waals surface area contributed by atoms with Crippen LogP contribution in [0, 0.1) is 25.2 Å². The Morgan fingerprint density at radius 3 is 2.40 bits per heavy atom. The van der Waals surface area contributed by atoms with Crippen LogP contribution in [0.25, 0.3) is 5.69 Å². The van der Waals surface area contributed by atoms with E-state index in [1.165, 1.54) is 0 Å². The van der Waals surface area contributed by atoms with Crippen molar-refractivity contribution in [3.8, 4) is 29.1 Å². The molecule has 0 aliphatic carbocycles. The van der Waals surface area contributed by atoms with Crippen molar-refractivity contribution in [2.45, 2.75) is 19.8 Å². The summed E-state index contributed by atoms with van der Waals surface area (Å²) in [5.74, 6) is 2.00. The highest BCUT2D eigenvalue weighted by atomic mass is 16.5. The minimum atomic E-state index is -0.482. The summed E-state index contributed by atoms with van der Waals surface area (Å²) in [6, 6.07) is 15.8. The second-order valence-electron chi connectivity index (χ2n) is 7.06. The van der Waals surface area contributed by atoms with Gasteiger partial charge < -0.3 is 19.9 Å². The molecule has 1 atom stereocenters. The summed E-state index contributed by atoms with van der Waals surface area (Å²) >= 11 is 0. The average Bonchev–Trinajstić information content (AvgIpc) is 3.08. The van der Waals surface area contributed by atoms with Crippen LogP contribution in [0.1, 0.15) is 28.6 Å². The third kappa shape index (κ3) is 3.03. The first-order chi connectivity index (χ1) is 14.5. The van der Waals surface area contributed by atoms with Crippen LogP contribution < -0.4 is 19.9 Å². The van der Waals surface area contributed by atoms with E-state index in [1.807, 2.05) is 54.8 Å². The largest absolute Gasteiger partial charge is 0.493 e. The Balaban J connectivity index is 1.92. The van der Waals surface area contributed by atoms with Gasteiger partial charge in [0, 0.05) is 0 Å². The van der Waals surface area contributed by atoms with Crippen LogP contribution in [0.4, 0.5) is 0 Å². The van der Waals surface area contributed by atoms with E-state index in [9.17, 15) is 5.26 Å². The Kier molecular flexibility index (Phi) is 4.84. The second-order valence-corrected chi connectivity index (χ2v) is 7.06. The second kappa shape index (κ2) is 7.48. The van der Waals surface area contributed by atoms with Gasteiger partial charge in [-0.25, -0.2) is 4.98 Å². The molecule has 30 heavy (non-hydrogen) atoms. The molecule has 0 fully saturated rings. The molecule has 0 saturated carbocycles. The highest BCUT2D eigenvalue weighted by Gasteiger charge is 2.36. The molecule has 0 radical (unpaired) electrons. The third-order valence-corrected chi connectivity index (χ3v) is 5.22. The maximum Gasteiger partial charge on any atom is 0.230 e. The first-order valence-corrected chi connectivity index (χ1v) is 9.44. The van der Waals surface area contributed by atoms with Gasteiger partial charge >= 0.3 is 0 Å². The fraction of sp³-hybridized carbons (Fsp3) is 0.217. The number of aromatic nitrogens is 2. The number of methoxy groups -OCH3 is 2. The molecule has 1 aliphatic rings. The standard InChI is InChI=1S/C23H22N4O3/c1-13-5-8-16(9-6-13)27-14(2)26-21-20(17(12-24)22(25)30-23(21)27)15-7-10-18(28-3)19(11-15)29-4/h5-11,20H,25H2,1-4H3. The van der Waals surface area contributed by atoms with Gasteiger partial charge in [0.2, 0.25) is 11.8 Å². The topological polar surface area (TPSA) is 95.3 Å². The van der Waals surface area contributed by atoms with Gasteiger partial charge in [-0.1, -0.05) is 23.8 Å². The van der Waals surface area contributed by atoms with Crippen LogP contribution in [0.3, 0.4) is 0 Å². The number of allylic oxidation sites excluding steroid dienone is 1. The highest BCUT2D eigenvalue weighted by Crippen LogP contribution is 2.44. The smallest absolute Gasteiger partial charge is 0.230 e. The molecule has 1 unspecified atom stereocenters. The Bertz CT molecular complexity index is 1190. The number of ether oxygens (including phenoxy) is 3. The Morgan fingerprint density at radius 1 is 1.07 bits per heavy atom. The van der Waals surface area contributed by atoms with Crippen molar-refractivity contribution < 1.29 is 14.2 Å². The summed E-state index contributed by atoms with van der Waals surface area (Å²) in [6.07, 6.45) is 0. The van der Waals surface area contributed by atoms with Crippen LogP contribution in [0.15, 0.2) is 53.9 Å². The van der Waals surface area contributed by atoms with Crippen LogP contribution in [0.2, 0.25) is 0 Å². The molecule has 0 saturated heterocycles. The fourth-order valence-electron chi connectivity index (χ4n) is 3.73. The van der Waals surface area contributed by atoms with Crippen molar-refractivity contribution in [3.63, 3.8) is 0 Å². The molecule has 1 aliphatic heterocycles. The molecule has 2 aromatic carbocycles. The van der Waals surface area contributed by atoms with E-state index in [0.29, 0.717) is 28.6 Å². The zero-order valence-electron chi connectivity index (χ0n) is 17.3. The van der Waals surface area contributed by atoms with Crippen molar-refractivity contribution in [2.24, 2.45) is 5.73 Å². The zero-order chi connectivity index (χ0) is 21.4. The molecule has 152 valence electrons. The molecular weight excluding hydrogens is 380 g/mol. The number of nitriles is 1. The molecule has 0 spiro atoms. The number of benzene rings is 2. The van der Waals surface area contributed by atoms with E-state index in [-0.39, 0.29) is 5.88 Å². The first-order valence-electron chi connectivity index (χ1n) is 9.44. The molecule has 3 aromatic rings. The van der Waals surface area contributed by atoms with Crippen LogP contribution in [0.5, 0.6) is 17.4 Å². The maximum absolute atomic E-state index is 9.81. The number of hydrogen-bond donors (Lipinski definition) is 1. The van der Waals surface area contributed by atoms with E-state index >= 15 is 0 Å². The number of nitrogens with two attached hydrogens (primary N) is 1. The SMILES string of the molecule is COc1ccc(C2C(C#N)=C(N)Oc3c2nc(C)n3-c2ccc(C)cc2)cc1OC. The lowest BCUT2D eigenvalue weighted by Gasteiger charge is -2.24. The molecule has 7 heteroatoms. The number of imidazole rings is 1. The lowest BCUT2D eigenvalue weighted by Crippen LogP contribution is -2.22. The van der Waals surface area contributed by atoms with Crippen LogP contribution >= 0.6 is 0 Å². The highest BCUT2D eigenvalue weighted by molar-refractivity contribution is 5.56. The number of nitrogens with zero attached hydrogens (tertiary/aromatic N) is 3. The van der Waals surface area contributed by atoms with Crippen LogP contribution in [-0.2, 0) is 0 Å². The van der Waals surface area contributed by atoms with Crippen molar-refractivity contribution in [1.29, 1.82) is 5.26 Å². The summed E-state index contributed by atoms with van der Waals surface area (Å²) in [5.41, 5.74) is 9.99. The molecular formula is C23H22N4O3. The number of rotatable bonds is 4. The lowest BCUT2D eigenvalue weighted by atomic mass is 9.87. The minimum Gasteiger partial charge on any atom is -0.493 e. The monoisotopic (exact) mass is 402 g/mol. The molecule has 0 bridgehead atoms. The van der Waals surface area contributed by atoms with E-state index in [2.05, 4.69) is 6.07 Å². The molecule has 4 rings (SSSR count). The number of fused-ring (bicyclic) bond motifs is 1. The maximum atomic E-state index is 9.81. The van der Waals surface area contributed by atoms with E-state index in [1.54, 1.807) is 20.3 Å². The van der Waals surface area contributed by atoms with Gasteiger partial charge in [-0.15, -0.1) is 0 Å². The minimum absolute atomic E-state index is 0.0676. The molecule has 7 nitrogen and oxygen atoms in total. The van der Waals surface area contributed by atoms with Gasteiger partial charge in [-0.3, -0.25) is 4.57 Å². The quantitative estimate of drug-likeness (QED) is 0.715. The third-order valence-electron chi connectivity index (χ3n) is 5.22. The fourth-order valence-corrected chi connectivity index (χ4v) is 3.73. The molecule has 1 aromatic heterocycles. The average molecular weight is 402 g/mol. The summed E-state index contributed by atoms with van der Waals surface area (Å²) in [7, 11) is 3.15. The van der Waals surface area contributed by atoms with Crippen molar-refractivity contribution in [2.75, 3.05) is 14.2 Å². The van der Waals surface area contributed by atoms with E-state index < -0.39 is 5.92 Å². The van der Waals surface area contributed by atoms with Crippen molar-refractivity contribution >= 4 is 0 Å². The Labute approximate surface area is 174 Å². The zero-order valence-corrected chi connectivity index (χ0v) is 17.3. The lowest BCUT2D eigenvalue weighted by molar-refractivity contribution is 0.353. The summed E-state index contributed by atoms with van der Waals surface area (Å²) in [4.78, 5) is 4.76. The molecule has 2 N–H and O–H groups in total. The number of hydrogen-bond acceptors (Lipinski definition) is 6. The van der Waals surface area contributed by atoms with Gasteiger partial charge in [-0.2, -0.15) is 5.26 Å².